The molecule has 0 fully saturated rings. The van der Waals surface area contributed by atoms with Crippen LogP contribution < -0.4 is 10.6 Å². The van der Waals surface area contributed by atoms with Gasteiger partial charge < -0.3 is 20.4 Å². The molecule has 0 spiro atoms. The normalized spacial score (nSPS) is 11.7. The molecule has 3 N–H and O–H groups in total. The third-order valence-corrected chi connectivity index (χ3v) is 8.19. The van der Waals surface area contributed by atoms with Gasteiger partial charge in [0.25, 0.3) is 5.91 Å². The molecule has 45 heavy (non-hydrogen) atoms. The number of unbranched alkanes of at least 4 members (excludes halogenated alkanes) is 2. The van der Waals surface area contributed by atoms with Crippen molar-refractivity contribution in [3.63, 3.8) is 0 Å². The summed E-state index contributed by atoms with van der Waals surface area (Å²) in [6.45, 7) is 2.03. The molecular weight excluding hydrogens is 558 g/mol. The Morgan fingerprint density at radius 3 is 2.22 bits per heavy atom. The van der Waals surface area contributed by atoms with E-state index in [0.717, 1.165) is 58.1 Å². The van der Waals surface area contributed by atoms with Gasteiger partial charge >= 0.3 is 0 Å². The number of H-pyrrole nitrogens is 1. The summed E-state index contributed by atoms with van der Waals surface area (Å²) in [6.07, 6.45) is 4.63. The summed E-state index contributed by atoms with van der Waals surface area (Å²) in [4.78, 5) is 42.2. The molecule has 1 heterocycles. The van der Waals surface area contributed by atoms with Gasteiger partial charge in [0.2, 0.25) is 5.91 Å². The van der Waals surface area contributed by atoms with Crippen LogP contribution >= 0.6 is 0 Å². The molecule has 0 saturated carbocycles. The van der Waals surface area contributed by atoms with Gasteiger partial charge in [0, 0.05) is 35.1 Å². The predicted molar refractivity (Wildman–Crippen MR) is 181 cm³/mol. The van der Waals surface area contributed by atoms with Gasteiger partial charge in [-0.3, -0.25) is 9.59 Å². The largest absolute Gasteiger partial charge is 0.354 e. The zero-order valence-electron chi connectivity index (χ0n) is 25.9. The standard InChI is InChI=1S/C39H41N3O3/c1-28(43)15-5-2-10-24-36(42-38(44)32-21-12-11-20-31(32)27-29-16-6-3-7-17-29)39(45)40-26-25-34-33-22-13-14-23-35(33)41-37(34)30-18-8-4-9-19-30/h3-4,6-9,11-14,16-23,36,41H,2,5,10,15,24-27H2,1H3,(H,40,45)(H,42,44)/t36-/m0/s1. The van der Waals surface area contributed by atoms with Crippen LogP contribution in [-0.4, -0.2) is 35.2 Å². The molecule has 4 aromatic carbocycles. The van der Waals surface area contributed by atoms with E-state index in [1.165, 1.54) is 0 Å². The third-order valence-electron chi connectivity index (χ3n) is 8.19. The molecule has 0 aliphatic heterocycles. The summed E-state index contributed by atoms with van der Waals surface area (Å²) in [5, 5.41) is 7.29. The summed E-state index contributed by atoms with van der Waals surface area (Å²) >= 11 is 0. The van der Waals surface area contributed by atoms with E-state index in [0.29, 0.717) is 37.8 Å². The Labute approximate surface area is 265 Å². The van der Waals surface area contributed by atoms with Gasteiger partial charge in [-0.05, 0) is 67.0 Å². The number of para-hydroxylation sites is 1. The second-order valence-electron chi connectivity index (χ2n) is 11.6. The molecule has 0 bridgehead atoms. The number of Topliss-reactive ketones (excluding diaryl/α,β-unsaturated/α-hetero) is 1. The van der Waals surface area contributed by atoms with Crippen LogP contribution in [0, 0.1) is 0 Å². The summed E-state index contributed by atoms with van der Waals surface area (Å²) in [7, 11) is 0. The Morgan fingerprint density at radius 2 is 1.44 bits per heavy atom. The van der Waals surface area contributed by atoms with Crippen molar-refractivity contribution in [3.05, 3.63) is 131 Å². The SMILES string of the molecule is CC(=O)CCCCC[C@H](NC(=O)c1ccccc1Cc1ccccc1)C(=O)NCCc1c(-c2ccccc2)[nH]c2ccccc12. The number of hydrogen-bond donors (Lipinski definition) is 3. The number of nitrogens with one attached hydrogen (secondary N) is 3. The summed E-state index contributed by atoms with van der Waals surface area (Å²) in [5.74, 6) is -0.287. The van der Waals surface area contributed by atoms with Gasteiger partial charge in [0.15, 0.2) is 0 Å². The zero-order chi connectivity index (χ0) is 31.4. The van der Waals surface area contributed by atoms with Crippen LogP contribution in [0.3, 0.4) is 0 Å². The molecule has 5 aromatic rings. The molecule has 2 amide bonds. The topological polar surface area (TPSA) is 91.1 Å². The lowest BCUT2D eigenvalue weighted by Gasteiger charge is -2.20. The van der Waals surface area contributed by atoms with Crippen LogP contribution in [0.25, 0.3) is 22.2 Å². The van der Waals surface area contributed by atoms with E-state index >= 15 is 0 Å². The molecule has 230 valence electrons. The summed E-state index contributed by atoms with van der Waals surface area (Å²) in [6, 6.07) is 35.3. The molecular formula is C39H41N3O3. The van der Waals surface area contributed by atoms with Crippen LogP contribution in [0.15, 0.2) is 109 Å². The van der Waals surface area contributed by atoms with E-state index in [4.69, 9.17) is 0 Å². The minimum absolute atomic E-state index is 0.166. The average molecular weight is 600 g/mol. The minimum Gasteiger partial charge on any atom is -0.354 e. The Morgan fingerprint density at radius 1 is 0.756 bits per heavy atom. The fourth-order valence-corrected chi connectivity index (χ4v) is 5.86. The van der Waals surface area contributed by atoms with E-state index < -0.39 is 6.04 Å². The molecule has 0 radical (unpaired) electrons. The molecule has 0 aliphatic rings. The van der Waals surface area contributed by atoms with Crippen LogP contribution in [-0.2, 0) is 22.4 Å². The molecule has 1 aromatic heterocycles. The van der Waals surface area contributed by atoms with Gasteiger partial charge in [-0.25, -0.2) is 0 Å². The first-order chi connectivity index (χ1) is 22.0. The Hall–Kier alpha value is -4.97. The van der Waals surface area contributed by atoms with Crippen molar-refractivity contribution in [2.45, 2.75) is 57.9 Å². The number of carbonyl (C=O) groups is 3. The maximum Gasteiger partial charge on any atom is 0.252 e. The van der Waals surface area contributed by atoms with Crippen molar-refractivity contribution in [3.8, 4) is 11.3 Å². The van der Waals surface area contributed by atoms with Gasteiger partial charge in [-0.2, -0.15) is 0 Å². The number of benzene rings is 4. The molecule has 6 nitrogen and oxygen atoms in total. The smallest absolute Gasteiger partial charge is 0.252 e. The van der Waals surface area contributed by atoms with Crippen molar-refractivity contribution in [2.24, 2.45) is 0 Å². The number of amides is 2. The minimum atomic E-state index is -0.684. The van der Waals surface area contributed by atoms with E-state index in [2.05, 4.69) is 39.9 Å². The Balaban J connectivity index is 1.29. The number of fused-ring (bicyclic) bond motifs is 1. The lowest BCUT2D eigenvalue weighted by Crippen LogP contribution is -2.47. The molecule has 1 atom stereocenters. The quantitative estimate of drug-likeness (QED) is 0.109. The van der Waals surface area contributed by atoms with Crippen molar-refractivity contribution in [1.82, 2.24) is 15.6 Å². The maximum absolute atomic E-state index is 13.6. The fraction of sp³-hybridized carbons (Fsp3) is 0.256. The van der Waals surface area contributed by atoms with Crippen LogP contribution in [0.2, 0.25) is 0 Å². The highest BCUT2D eigenvalue weighted by Crippen LogP contribution is 2.30. The maximum atomic E-state index is 13.6. The lowest BCUT2D eigenvalue weighted by molar-refractivity contribution is -0.123. The van der Waals surface area contributed by atoms with Crippen molar-refractivity contribution in [1.29, 1.82) is 0 Å². The molecule has 6 heteroatoms. The molecule has 5 rings (SSSR count). The van der Waals surface area contributed by atoms with E-state index in [9.17, 15) is 14.4 Å². The predicted octanol–water partition coefficient (Wildman–Crippen LogP) is 7.42. The number of aromatic amines is 1. The molecule has 0 unspecified atom stereocenters. The number of rotatable bonds is 15. The first-order valence-electron chi connectivity index (χ1n) is 15.8. The number of hydrogen-bond acceptors (Lipinski definition) is 3. The van der Waals surface area contributed by atoms with Crippen molar-refractivity contribution < 1.29 is 14.4 Å². The van der Waals surface area contributed by atoms with Gasteiger partial charge in [0.1, 0.15) is 11.8 Å². The van der Waals surface area contributed by atoms with Crippen LogP contribution in [0.4, 0.5) is 0 Å². The molecule has 0 saturated heterocycles. The van der Waals surface area contributed by atoms with Crippen molar-refractivity contribution >= 4 is 28.5 Å². The van der Waals surface area contributed by atoms with E-state index in [-0.39, 0.29) is 17.6 Å². The van der Waals surface area contributed by atoms with Crippen molar-refractivity contribution in [2.75, 3.05) is 6.54 Å². The Bertz CT molecular complexity index is 1730. The highest BCUT2D eigenvalue weighted by molar-refractivity contribution is 5.99. The van der Waals surface area contributed by atoms with Gasteiger partial charge in [0.05, 0.1) is 0 Å². The highest BCUT2D eigenvalue weighted by atomic mass is 16.2. The van der Waals surface area contributed by atoms with Gasteiger partial charge in [-0.15, -0.1) is 0 Å². The van der Waals surface area contributed by atoms with E-state index in [1.54, 1.807) is 6.92 Å². The number of ketones is 1. The monoisotopic (exact) mass is 599 g/mol. The number of aromatic nitrogens is 1. The second-order valence-corrected chi connectivity index (χ2v) is 11.6. The summed E-state index contributed by atoms with van der Waals surface area (Å²) < 4.78 is 0. The zero-order valence-corrected chi connectivity index (χ0v) is 25.9. The average Bonchev–Trinajstić information content (AvgIpc) is 3.43. The first-order valence-corrected chi connectivity index (χ1v) is 15.8. The second kappa shape index (κ2) is 15.7. The van der Waals surface area contributed by atoms with Gasteiger partial charge in [-0.1, -0.05) is 110 Å². The Kier molecular flexibility index (Phi) is 10.9. The van der Waals surface area contributed by atoms with E-state index in [1.807, 2.05) is 84.9 Å². The molecule has 0 aliphatic carbocycles. The summed E-state index contributed by atoms with van der Waals surface area (Å²) in [5.41, 5.74) is 6.96. The first kappa shape index (κ1) is 31.5. The third kappa shape index (κ3) is 8.57. The highest BCUT2D eigenvalue weighted by Gasteiger charge is 2.23. The van der Waals surface area contributed by atoms with Crippen LogP contribution in [0.5, 0.6) is 0 Å². The fourth-order valence-electron chi connectivity index (χ4n) is 5.86. The lowest BCUT2D eigenvalue weighted by atomic mass is 9.98. The number of carbonyl (C=O) groups excluding carboxylic acids is 3. The van der Waals surface area contributed by atoms with Crippen LogP contribution in [0.1, 0.15) is 66.1 Å².